The number of nitrogens with two attached hydrogens (primary N) is 1. The number of hydrogen-bond donors (Lipinski definition) is 1. The third kappa shape index (κ3) is 2.27. The highest BCUT2D eigenvalue weighted by molar-refractivity contribution is 6.12. The van der Waals surface area contributed by atoms with Crippen molar-refractivity contribution in [3.8, 4) is 5.75 Å². The van der Waals surface area contributed by atoms with E-state index in [-0.39, 0.29) is 22.4 Å². The normalized spacial score (nSPS) is 15.4. The Morgan fingerprint density at radius 3 is 2.76 bits per heavy atom. The maximum Gasteiger partial charge on any atom is 0.195 e. The second kappa shape index (κ2) is 4.58. The number of hydrogen-bond acceptors (Lipinski definition) is 3. The van der Waals surface area contributed by atoms with Crippen molar-refractivity contribution in [2.45, 2.75) is 19.3 Å². The van der Waals surface area contributed by atoms with Crippen molar-refractivity contribution in [2.24, 2.45) is 0 Å². The molecule has 0 saturated heterocycles. The molecule has 0 unspecified atom stereocenters. The van der Waals surface area contributed by atoms with Crippen molar-refractivity contribution < 1.29 is 13.9 Å². The molecular formula is C17H16FNO2. The molecule has 0 spiro atoms. The standard InChI is InChI=1S/C17H16FNO2/c1-17(2)9-21-15-6-3-10(7-13(15)17)16(20)12-8-11(18)4-5-14(12)19/h3-8H,9,19H2,1-2H3. The molecule has 0 saturated carbocycles. The number of nitrogen functional groups attached to an aromatic ring is 1. The maximum absolute atomic E-state index is 13.3. The van der Waals surface area contributed by atoms with Gasteiger partial charge in [-0.05, 0) is 36.4 Å². The van der Waals surface area contributed by atoms with Gasteiger partial charge in [-0.2, -0.15) is 0 Å². The van der Waals surface area contributed by atoms with Crippen LogP contribution >= 0.6 is 0 Å². The van der Waals surface area contributed by atoms with Crippen molar-refractivity contribution in [3.63, 3.8) is 0 Å². The van der Waals surface area contributed by atoms with E-state index in [1.165, 1.54) is 18.2 Å². The zero-order valence-electron chi connectivity index (χ0n) is 11.9. The molecule has 21 heavy (non-hydrogen) atoms. The van der Waals surface area contributed by atoms with Crippen molar-refractivity contribution in [3.05, 3.63) is 58.9 Å². The van der Waals surface area contributed by atoms with Gasteiger partial charge in [0, 0.05) is 27.8 Å². The van der Waals surface area contributed by atoms with Gasteiger partial charge in [0.05, 0.1) is 6.61 Å². The monoisotopic (exact) mass is 285 g/mol. The third-order valence-corrected chi connectivity index (χ3v) is 3.82. The zero-order chi connectivity index (χ0) is 15.2. The fourth-order valence-electron chi connectivity index (χ4n) is 2.54. The van der Waals surface area contributed by atoms with Crippen molar-refractivity contribution in [2.75, 3.05) is 12.3 Å². The van der Waals surface area contributed by atoms with E-state index >= 15 is 0 Å². The summed E-state index contributed by atoms with van der Waals surface area (Å²) in [6, 6.07) is 9.11. The second-order valence-electron chi connectivity index (χ2n) is 5.94. The minimum atomic E-state index is -0.475. The maximum atomic E-state index is 13.3. The first kappa shape index (κ1) is 13.6. The summed E-state index contributed by atoms with van der Waals surface area (Å²) in [7, 11) is 0. The summed E-state index contributed by atoms with van der Waals surface area (Å²) in [5.41, 5.74) is 7.58. The molecule has 2 aromatic carbocycles. The Balaban J connectivity index is 2.06. The lowest BCUT2D eigenvalue weighted by Gasteiger charge is -2.15. The predicted molar refractivity (Wildman–Crippen MR) is 79.2 cm³/mol. The molecule has 2 aromatic rings. The molecule has 1 aliphatic rings. The topological polar surface area (TPSA) is 52.3 Å². The second-order valence-corrected chi connectivity index (χ2v) is 5.94. The number of ether oxygens (including phenoxy) is 1. The summed E-state index contributed by atoms with van der Waals surface area (Å²) in [4.78, 5) is 12.5. The summed E-state index contributed by atoms with van der Waals surface area (Å²) in [5.74, 6) is 0.0404. The van der Waals surface area contributed by atoms with Gasteiger partial charge < -0.3 is 10.5 Å². The van der Waals surface area contributed by atoms with Crippen LogP contribution in [-0.4, -0.2) is 12.4 Å². The molecule has 0 bridgehead atoms. The number of ketones is 1. The molecule has 3 rings (SSSR count). The largest absolute Gasteiger partial charge is 0.492 e. The van der Waals surface area contributed by atoms with Crippen LogP contribution in [0.15, 0.2) is 36.4 Å². The SMILES string of the molecule is CC1(C)COc2ccc(C(=O)c3cc(F)ccc3N)cc21. The Kier molecular flexibility index (Phi) is 2.97. The van der Waals surface area contributed by atoms with Crippen LogP contribution in [0.2, 0.25) is 0 Å². The number of carbonyl (C=O) groups is 1. The highest BCUT2D eigenvalue weighted by Gasteiger charge is 2.32. The van der Waals surface area contributed by atoms with Gasteiger partial charge in [0.25, 0.3) is 0 Å². The summed E-state index contributed by atoms with van der Waals surface area (Å²) in [6.07, 6.45) is 0. The first-order valence-electron chi connectivity index (χ1n) is 6.75. The number of benzene rings is 2. The molecule has 108 valence electrons. The Morgan fingerprint density at radius 1 is 1.24 bits per heavy atom. The fourth-order valence-corrected chi connectivity index (χ4v) is 2.54. The van der Waals surface area contributed by atoms with Crippen LogP contribution < -0.4 is 10.5 Å². The Morgan fingerprint density at radius 2 is 2.00 bits per heavy atom. The molecular weight excluding hydrogens is 269 g/mol. The molecule has 0 amide bonds. The van der Waals surface area contributed by atoms with Gasteiger partial charge in [-0.25, -0.2) is 4.39 Å². The zero-order valence-corrected chi connectivity index (χ0v) is 11.9. The Bertz CT molecular complexity index is 738. The third-order valence-electron chi connectivity index (χ3n) is 3.82. The highest BCUT2D eigenvalue weighted by atomic mass is 19.1. The summed E-state index contributed by atoms with van der Waals surface area (Å²) in [5, 5.41) is 0. The first-order valence-corrected chi connectivity index (χ1v) is 6.75. The van der Waals surface area contributed by atoms with Gasteiger partial charge in [-0.1, -0.05) is 13.8 Å². The van der Waals surface area contributed by atoms with Gasteiger partial charge in [-0.3, -0.25) is 4.79 Å². The molecule has 1 heterocycles. The van der Waals surface area contributed by atoms with Gasteiger partial charge in [0.15, 0.2) is 5.78 Å². The van der Waals surface area contributed by atoms with E-state index in [1.54, 1.807) is 12.1 Å². The van der Waals surface area contributed by atoms with Crippen molar-refractivity contribution >= 4 is 11.5 Å². The molecule has 1 aliphatic heterocycles. The van der Waals surface area contributed by atoms with E-state index in [0.29, 0.717) is 12.2 Å². The average Bonchev–Trinajstić information content (AvgIpc) is 2.76. The van der Waals surface area contributed by atoms with Crippen LogP contribution in [0.25, 0.3) is 0 Å². The van der Waals surface area contributed by atoms with Gasteiger partial charge in [-0.15, -0.1) is 0 Å². The number of rotatable bonds is 2. The lowest BCUT2D eigenvalue weighted by Crippen LogP contribution is -2.18. The molecule has 4 heteroatoms. The Labute approximate surface area is 122 Å². The minimum Gasteiger partial charge on any atom is -0.492 e. The molecule has 2 N–H and O–H groups in total. The first-order chi connectivity index (χ1) is 9.88. The predicted octanol–water partition coefficient (Wildman–Crippen LogP) is 3.31. The summed E-state index contributed by atoms with van der Waals surface area (Å²) >= 11 is 0. The van der Waals surface area contributed by atoms with Crippen LogP contribution in [0.3, 0.4) is 0 Å². The molecule has 0 radical (unpaired) electrons. The van der Waals surface area contributed by atoms with Crippen LogP contribution in [-0.2, 0) is 5.41 Å². The Hall–Kier alpha value is -2.36. The van der Waals surface area contributed by atoms with Crippen molar-refractivity contribution in [1.82, 2.24) is 0 Å². The van der Waals surface area contributed by atoms with Crippen LogP contribution in [0.1, 0.15) is 35.3 Å². The van der Waals surface area contributed by atoms with E-state index in [1.807, 2.05) is 6.07 Å². The lowest BCUT2D eigenvalue weighted by molar-refractivity contribution is 0.103. The summed E-state index contributed by atoms with van der Waals surface area (Å²) in [6.45, 7) is 4.70. The lowest BCUT2D eigenvalue weighted by atomic mass is 9.85. The van der Waals surface area contributed by atoms with E-state index in [4.69, 9.17) is 10.5 Å². The quantitative estimate of drug-likeness (QED) is 0.680. The molecule has 0 aromatic heterocycles. The van der Waals surface area contributed by atoms with E-state index < -0.39 is 5.82 Å². The molecule has 0 atom stereocenters. The van der Waals surface area contributed by atoms with Gasteiger partial charge in [0.1, 0.15) is 11.6 Å². The average molecular weight is 285 g/mol. The van der Waals surface area contributed by atoms with E-state index in [2.05, 4.69) is 13.8 Å². The smallest absolute Gasteiger partial charge is 0.195 e. The fraction of sp³-hybridized carbons (Fsp3) is 0.235. The number of anilines is 1. The van der Waals surface area contributed by atoms with E-state index in [0.717, 1.165) is 11.3 Å². The van der Waals surface area contributed by atoms with Crippen LogP contribution in [0.5, 0.6) is 5.75 Å². The van der Waals surface area contributed by atoms with Crippen LogP contribution in [0, 0.1) is 5.82 Å². The van der Waals surface area contributed by atoms with Gasteiger partial charge in [0.2, 0.25) is 0 Å². The van der Waals surface area contributed by atoms with Crippen LogP contribution in [0.4, 0.5) is 10.1 Å². The summed E-state index contributed by atoms with van der Waals surface area (Å²) < 4.78 is 18.9. The number of halogens is 1. The molecule has 3 nitrogen and oxygen atoms in total. The molecule has 0 fully saturated rings. The number of fused-ring (bicyclic) bond motifs is 1. The van der Waals surface area contributed by atoms with Gasteiger partial charge >= 0.3 is 0 Å². The van der Waals surface area contributed by atoms with E-state index in [9.17, 15) is 9.18 Å². The number of carbonyl (C=O) groups excluding carboxylic acids is 1. The minimum absolute atomic E-state index is 0.140. The van der Waals surface area contributed by atoms with Crippen molar-refractivity contribution in [1.29, 1.82) is 0 Å². The highest BCUT2D eigenvalue weighted by Crippen LogP contribution is 2.39. The molecule has 0 aliphatic carbocycles.